The Morgan fingerprint density at radius 3 is 2.58 bits per heavy atom. The van der Waals surface area contributed by atoms with Gasteiger partial charge in [-0.1, -0.05) is 0 Å². The summed E-state index contributed by atoms with van der Waals surface area (Å²) < 4.78 is 2.51. The van der Waals surface area contributed by atoms with Crippen molar-refractivity contribution in [2.24, 2.45) is 0 Å². The van der Waals surface area contributed by atoms with Crippen molar-refractivity contribution in [1.82, 2.24) is 9.13 Å². The molecule has 3 rings (SSSR count). The van der Waals surface area contributed by atoms with Crippen LogP contribution in [-0.2, 0) is 6.54 Å². The van der Waals surface area contributed by atoms with Crippen molar-refractivity contribution in [3.8, 4) is 17.6 Å². The van der Waals surface area contributed by atoms with Gasteiger partial charge in [-0.3, -0.25) is 4.57 Å². The number of aliphatic hydroxyl groups is 1. The zero-order valence-electron chi connectivity index (χ0n) is 9.95. The highest BCUT2D eigenvalue weighted by molar-refractivity contribution is 5.43. The van der Waals surface area contributed by atoms with Gasteiger partial charge in [0.25, 0.3) is 0 Å². The van der Waals surface area contributed by atoms with E-state index in [0.717, 1.165) is 4.57 Å². The average Bonchev–Trinajstić information content (AvgIpc) is 2.91. The summed E-state index contributed by atoms with van der Waals surface area (Å²) in [4.78, 5) is 12.2. The molecule has 0 saturated heterocycles. The smallest absolute Gasteiger partial charge is 0.336 e. The van der Waals surface area contributed by atoms with Crippen molar-refractivity contribution in [2.75, 3.05) is 0 Å². The first-order valence-corrected chi connectivity index (χ1v) is 5.86. The number of nitrogens with zero attached hydrogens (tertiary/aromatic N) is 3. The van der Waals surface area contributed by atoms with Gasteiger partial charge in [0.15, 0.2) is 0 Å². The SMILES string of the molecule is N#Cc1ccc(-n2c(O)c3n(c2=O)CC[C@H]3O)cc1. The molecule has 0 fully saturated rings. The molecule has 2 aromatic rings. The van der Waals surface area contributed by atoms with Crippen LogP contribution in [0.3, 0.4) is 0 Å². The summed E-state index contributed by atoms with van der Waals surface area (Å²) in [5.74, 6) is -0.236. The number of nitriles is 1. The lowest BCUT2D eigenvalue weighted by Gasteiger charge is -2.05. The molecule has 0 unspecified atom stereocenters. The molecule has 1 aliphatic rings. The summed E-state index contributed by atoms with van der Waals surface area (Å²) in [5, 5.41) is 28.6. The molecule has 2 N–H and O–H groups in total. The molecule has 0 saturated carbocycles. The molecule has 1 aliphatic heterocycles. The average molecular weight is 257 g/mol. The molecule has 19 heavy (non-hydrogen) atoms. The Bertz CT molecular complexity index is 734. The number of imidazole rings is 1. The van der Waals surface area contributed by atoms with E-state index in [-0.39, 0.29) is 17.3 Å². The second kappa shape index (κ2) is 4.00. The van der Waals surface area contributed by atoms with E-state index in [1.807, 2.05) is 6.07 Å². The number of hydrogen-bond acceptors (Lipinski definition) is 4. The van der Waals surface area contributed by atoms with Crippen molar-refractivity contribution in [3.05, 3.63) is 46.0 Å². The van der Waals surface area contributed by atoms with Crippen molar-refractivity contribution in [1.29, 1.82) is 5.26 Å². The van der Waals surface area contributed by atoms with Crippen LogP contribution < -0.4 is 5.69 Å². The molecular formula is C13H11N3O3. The highest BCUT2D eigenvalue weighted by Crippen LogP contribution is 2.32. The maximum atomic E-state index is 12.2. The highest BCUT2D eigenvalue weighted by Gasteiger charge is 2.30. The number of aliphatic hydroxyl groups excluding tert-OH is 1. The van der Waals surface area contributed by atoms with E-state index in [2.05, 4.69) is 0 Å². The van der Waals surface area contributed by atoms with Gasteiger partial charge in [0, 0.05) is 6.54 Å². The first-order valence-electron chi connectivity index (χ1n) is 5.86. The van der Waals surface area contributed by atoms with Gasteiger partial charge in [-0.25, -0.2) is 9.36 Å². The molecule has 1 aromatic heterocycles. The Hall–Kier alpha value is -2.52. The third kappa shape index (κ3) is 1.56. The molecule has 6 nitrogen and oxygen atoms in total. The van der Waals surface area contributed by atoms with Crippen molar-refractivity contribution < 1.29 is 10.2 Å². The Morgan fingerprint density at radius 2 is 2.00 bits per heavy atom. The Labute approximate surface area is 108 Å². The Kier molecular flexibility index (Phi) is 2.44. The molecule has 0 spiro atoms. The van der Waals surface area contributed by atoms with Crippen molar-refractivity contribution in [2.45, 2.75) is 19.1 Å². The summed E-state index contributed by atoms with van der Waals surface area (Å²) in [6, 6.07) is 8.30. The van der Waals surface area contributed by atoms with Crippen molar-refractivity contribution in [3.63, 3.8) is 0 Å². The zero-order chi connectivity index (χ0) is 13.6. The fourth-order valence-corrected chi connectivity index (χ4v) is 2.40. The van der Waals surface area contributed by atoms with Crippen LogP contribution in [-0.4, -0.2) is 19.3 Å². The maximum absolute atomic E-state index is 12.2. The predicted molar refractivity (Wildman–Crippen MR) is 66.0 cm³/mol. The lowest BCUT2D eigenvalue weighted by atomic mass is 10.2. The van der Waals surface area contributed by atoms with E-state index in [1.54, 1.807) is 24.3 Å². The van der Waals surface area contributed by atoms with E-state index in [1.165, 1.54) is 4.57 Å². The van der Waals surface area contributed by atoms with Crippen LogP contribution in [0.5, 0.6) is 5.88 Å². The van der Waals surface area contributed by atoms with E-state index in [9.17, 15) is 15.0 Å². The number of aromatic hydroxyl groups is 1. The first-order chi connectivity index (χ1) is 9.13. The third-order valence-electron chi connectivity index (χ3n) is 3.35. The molecule has 0 amide bonds. The second-order valence-electron chi connectivity index (χ2n) is 4.44. The van der Waals surface area contributed by atoms with Crippen molar-refractivity contribution >= 4 is 0 Å². The van der Waals surface area contributed by atoms with Crippen LogP contribution in [0.1, 0.15) is 23.8 Å². The molecule has 0 bridgehead atoms. The molecule has 0 radical (unpaired) electrons. The molecule has 0 aliphatic carbocycles. The van der Waals surface area contributed by atoms with E-state index in [4.69, 9.17) is 5.26 Å². The lowest BCUT2D eigenvalue weighted by Crippen LogP contribution is -2.22. The van der Waals surface area contributed by atoms with Gasteiger partial charge in [-0.15, -0.1) is 0 Å². The summed E-state index contributed by atoms with van der Waals surface area (Å²) in [6.07, 6.45) is -0.376. The van der Waals surface area contributed by atoms with Gasteiger partial charge in [-0.2, -0.15) is 5.26 Å². The molecule has 1 atom stereocenters. The highest BCUT2D eigenvalue weighted by atomic mass is 16.3. The fourth-order valence-electron chi connectivity index (χ4n) is 2.40. The zero-order valence-corrected chi connectivity index (χ0v) is 9.95. The minimum absolute atomic E-state index is 0.236. The molecule has 96 valence electrons. The normalized spacial score (nSPS) is 17.2. The Balaban J connectivity index is 2.19. The van der Waals surface area contributed by atoms with Gasteiger partial charge in [0.05, 0.1) is 17.3 Å². The Morgan fingerprint density at radius 1 is 1.32 bits per heavy atom. The van der Waals surface area contributed by atoms with Gasteiger partial charge in [-0.05, 0) is 30.7 Å². The summed E-state index contributed by atoms with van der Waals surface area (Å²) in [7, 11) is 0. The third-order valence-corrected chi connectivity index (χ3v) is 3.35. The van der Waals surface area contributed by atoms with Gasteiger partial charge >= 0.3 is 5.69 Å². The summed E-state index contributed by atoms with van der Waals surface area (Å²) in [6.45, 7) is 0.395. The number of benzene rings is 1. The largest absolute Gasteiger partial charge is 0.493 e. The van der Waals surface area contributed by atoms with Crippen LogP contribution in [0.25, 0.3) is 5.69 Å². The molecular weight excluding hydrogens is 246 g/mol. The summed E-state index contributed by atoms with van der Waals surface area (Å²) in [5.41, 5.74) is 0.821. The fraction of sp³-hybridized carbons (Fsp3) is 0.231. The van der Waals surface area contributed by atoms with Crippen LogP contribution in [0.15, 0.2) is 29.1 Å². The van der Waals surface area contributed by atoms with Gasteiger partial charge in [0.1, 0.15) is 11.8 Å². The number of aromatic nitrogens is 2. The van der Waals surface area contributed by atoms with E-state index < -0.39 is 6.10 Å². The quantitative estimate of drug-likeness (QED) is 0.784. The standard InChI is InChI=1S/C13H11N3O3/c14-7-8-1-3-9(4-2-8)16-12(18)11-10(17)5-6-15(11)13(16)19/h1-4,10,17-18H,5-6H2/t10-/m1/s1. The number of rotatable bonds is 1. The predicted octanol–water partition coefficient (Wildman–Crippen LogP) is 0.653. The van der Waals surface area contributed by atoms with Crippen LogP contribution in [0.4, 0.5) is 0 Å². The minimum Gasteiger partial charge on any atom is -0.493 e. The van der Waals surface area contributed by atoms with Crippen LogP contribution in [0, 0.1) is 11.3 Å². The molecule has 6 heteroatoms. The maximum Gasteiger partial charge on any atom is 0.336 e. The monoisotopic (exact) mass is 257 g/mol. The van der Waals surface area contributed by atoms with Gasteiger partial charge < -0.3 is 10.2 Å². The minimum atomic E-state index is -0.813. The van der Waals surface area contributed by atoms with Gasteiger partial charge in [0.2, 0.25) is 5.88 Å². The summed E-state index contributed by atoms with van der Waals surface area (Å²) >= 11 is 0. The number of hydrogen-bond donors (Lipinski definition) is 2. The second-order valence-corrected chi connectivity index (χ2v) is 4.44. The van der Waals surface area contributed by atoms with Crippen LogP contribution in [0.2, 0.25) is 0 Å². The number of fused-ring (bicyclic) bond motifs is 1. The first kappa shape index (κ1) is 11.6. The molecule has 2 heterocycles. The topological polar surface area (TPSA) is 91.2 Å². The van der Waals surface area contributed by atoms with E-state index >= 15 is 0 Å². The lowest BCUT2D eigenvalue weighted by molar-refractivity contribution is 0.175. The van der Waals surface area contributed by atoms with E-state index in [0.29, 0.717) is 24.2 Å². The van der Waals surface area contributed by atoms with Crippen LogP contribution >= 0.6 is 0 Å². The molecule has 1 aromatic carbocycles.